The molecule has 0 fully saturated rings. The lowest BCUT2D eigenvalue weighted by molar-refractivity contribution is -0.115. The van der Waals surface area contributed by atoms with Crippen molar-refractivity contribution in [3.05, 3.63) is 71.8 Å². The van der Waals surface area contributed by atoms with Crippen molar-refractivity contribution >= 4 is 23.4 Å². The molecule has 0 bridgehead atoms. The van der Waals surface area contributed by atoms with Crippen LogP contribution < -0.4 is 10.1 Å². The highest BCUT2D eigenvalue weighted by Crippen LogP contribution is 2.27. The number of hydrogen-bond donors (Lipinski definition) is 1. The van der Waals surface area contributed by atoms with Gasteiger partial charge in [-0.3, -0.25) is 4.79 Å². The normalized spacial score (nSPS) is 11.9. The number of rotatable bonds is 7. The van der Waals surface area contributed by atoms with Crippen molar-refractivity contribution in [2.45, 2.75) is 31.8 Å². The summed E-state index contributed by atoms with van der Waals surface area (Å²) in [5.74, 6) is 1.42. The maximum atomic E-state index is 12.6. The number of aromatic nitrogens is 2. The fraction of sp³-hybridized carbons (Fsp3) is 0.273. The van der Waals surface area contributed by atoms with E-state index in [1.807, 2.05) is 42.8 Å². The molecule has 0 aliphatic rings. The minimum atomic E-state index is -0.182. The molecule has 0 aliphatic heterocycles. The summed E-state index contributed by atoms with van der Waals surface area (Å²) >= 11 is 1.62. The number of ether oxygens (including phenoxy) is 1. The molecule has 3 rings (SSSR count). The minimum absolute atomic E-state index is 0.0263. The van der Waals surface area contributed by atoms with Crippen LogP contribution in [0.2, 0.25) is 0 Å². The van der Waals surface area contributed by atoms with Gasteiger partial charge in [-0.15, -0.1) is 11.8 Å². The van der Waals surface area contributed by atoms with E-state index < -0.39 is 0 Å². The van der Waals surface area contributed by atoms with Gasteiger partial charge in [0, 0.05) is 23.8 Å². The summed E-state index contributed by atoms with van der Waals surface area (Å²) in [4.78, 5) is 16.7. The van der Waals surface area contributed by atoms with Crippen LogP contribution in [-0.4, -0.2) is 27.8 Å². The van der Waals surface area contributed by atoms with Gasteiger partial charge < -0.3 is 14.6 Å². The quantitative estimate of drug-likeness (QED) is 0.627. The molecule has 0 saturated heterocycles. The van der Waals surface area contributed by atoms with Crippen molar-refractivity contribution in [3.63, 3.8) is 0 Å². The van der Waals surface area contributed by atoms with E-state index in [9.17, 15) is 4.79 Å². The Labute approximate surface area is 170 Å². The van der Waals surface area contributed by atoms with Crippen LogP contribution in [0, 0.1) is 13.8 Å². The van der Waals surface area contributed by atoms with Gasteiger partial charge in [0.1, 0.15) is 5.75 Å². The van der Waals surface area contributed by atoms with Crippen molar-refractivity contribution in [1.29, 1.82) is 0 Å². The smallest absolute Gasteiger partial charge is 0.237 e. The van der Waals surface area contributed by atoms with Crippen molar-refractivity contribution < 1.29 is 9.53 Å². The van der Waals surface area contributed by atoms with Crippen LogP contribution in [0.4, 0.5) is 5.69 Å². The summed E-state index contributed by atoms with van der Waals surface area (Å²) in [7, 11) is 1.61. The summed E-state index contributed by atoms with van der Waals surface area (Å²) in [6.45, 7) is 6.01. The molecule has 3 aromatic rings. The molecule has 0 radical (unpaired) electrons. The Morgan fingerprint density at radius 3 is 2.75 bits per heavy atom. The third kappa shape index (κ3) is 4.75. The van der Waals surface area contributed by atoms with Crippen LogP contribution in [0.1, 0.15) is 23.6 Å². The average molecular weight is 396 g/mol. The Hall–Kier alpha value is -2.73. The van der Waals surface area contributed by atoms with E-state index in [1.54, 1.807) is 31.4 Å². The number of methoxy groups -OCH3 is 1. The molecule has 1 aromatic heterocycles. The maximum Gasteiger partial charge on any atom is 0.237 e. The molecule has 0 saturated carbocycles. The van der Waals surface area contributed by atoms with Crippen molar-refractivity contribution in [1.82, 2.24) is 9.55 Å². The molecule has 28 heavy (non-hydrogen) atoms. The molecule has 1 amide bonds. The third-order valence-electron chi connectivity index (χ3n) is 4.60. The van der Waals surface area contributed by atoms with Gasteiger partial charge in [-0.2, -0.15) is 0 Å². The standard InChI is InChI=1S/C22H25N3O2S/c1-15-5-8-21(27-4)20(11-15)24-22(26)17(3)28-13-18-6-7-19(12-16(18)2)25-10-9-23-14-25/h5-12,14,17H,13H2,1-4H3,(H,24,26). The number of imidazole rings is 1. The molecule has 5 nitrogen and oxygen atoms in total. The Morgan fingerprint density at radius 2 is 2.07 bits per heavy atom. The first-order valence-electron chi connectivity index (χ1n) is 9.13. The third-order valence-corrected chi connectivity index (χ3v) is 5.79. The Balaban J connectivity index is 1.61. The zero-order chi connectivity index (χ0) is 20.1. The first kappa shape index (κ1) is 20.0. The van der Waals surface area contributed by atoms with Crippen LogP contribution in [0.5, 0.6) is 5.75 Å². The van der Waals surface area contributed by atoms with Crippen LogP contribution in [0.3, 0.4) is 0 Å². The number of nitrogens with zero attached hydrogens (tertiary/aromatic N) is 2. The van der Waals surface area contributed by atoms with E-state index in [0.717, 1.165) is 17.0 Å². The number of anilines is 1. The van der Waals surface area contributed by atoms with E-state index in [4.69, 9.17) is 4.74 Å². The largest absolute Gasteiger partial charge is 0.495 e. The summed E-state index contributed by atoms with van der Waals surface area (Å²) in [6, 6.07) is 12.1. The molecule has 1 heterocycles. The summed E-state index contributed by atoms with van der Waals surface area (Å²) in [6.07, 6.45) is 5.48. The van der Waals surface area contributed by atoms with E-state index >= 15 is 0 Å². The Bertz CT molecular complexity index is 954. The predicted molar refractivity (Wildman–Crippen MR) is 115 cm³/mol. The molecule has 0 aliphatic carbocycles. The van der Waals surface area contributed by atoms with Gasteiger partial charge in [-0.1, -0.05) is 12.1 Å². The highest BCUT2D eigenvalue weighted by atomic mass is 32.2. The fourth-order valence-corrected chi connectivity index (χ4v) is 3.82. The predicted octanol–water partition coefficient (Wildman–Crippen LogP) is 4.76. The lowest BCUT2D eigenvalue weighted by Crippen LogP contribution is -2.23. The zero-order valence-electron chi connectivity index (χ0n) is 16.6. The number of carbonyl (C=O) groups excluding carboxylic acids is 1. The van der Waals surface area contributed by atoms with Crippen LogP contribution >= 0.6 is 11.8 Å². The van der Waals surface area contributed by atoms with Gasteiger partial charge in [0.2, 0.25) is 5.91 Å². The highest BCUT2D eigenvalue weighted by molar-refractivity contribution is 7.99. The van der Waals surface area contributed by atoms with Crippen molar-refractivity contribution in [3.8, 4) is 11.4 Å². The lowest BCUT2D eigenvalue weighted by atomic mass is 10.1. The van der Waals surface area contributed by atoms with Gasteiger partial charge in [0.25, 0.3) is 0 Å². The van der Waals surface area contributed by atoms with Crippen LogP contribution in [0.25, 0.3) is 5.69 Å². The second-order valence-corrected chi connectivity index (χ2v) is 8.06. The van der Waals surface area contributed by atoms with E-state index in [2.05, 4.69) is 35.4 Å². The summed E-state index contributed by atoms with van der Waals surface area (Å²) in [5.41, 5.74) is 5.29. The van der Waals surface area contributed by atoms with Crippen molar-refractivity contribution in [2.24, 2.45) is 0 Å². The molecule has 1 unspecified atom stereocenters. The van der Waals surface area contributed by atoms with Crippen LogP contribution in [-0.2, 0) is 10.5 Å². The van der Waals surface area contributed by atoms with E-state index in [1.165, 1.54) is 11.1 Å². The molecule has 6 heteroatoms. The molecule has 0 spiro atoms. The van der Waals surface area contributed by atoms with Crippen LogP contribution in [0.15, 0.2) is 55.1 Å². The molecular formula is C22H25N3O2S. The fourth-order valence-electron chi connectivity index (χ4n) is 2.86. The summed E-state index contributed by atoms with van der Waals surface area (Å²) < 4.78 is 7.32. The first-order chi connectivity index (χ1) is 13.5. The Kier molecular flexibility index (Phi) is 6.41. The molecule has 146 valence electrons. The average Bonchev–Trinajstić information content (AvgIpc) is 3.21. The van der Waals surface area contributed by atoms with Gasteiger partial charge in [-0.25, -0.2) is 4.98 Å². The number of thioether (sulfide) groups is 1. The maximum absolute atomic E-state index is 12.6. The van der Waals surface area contributed by atoms with Gasteiger partial charge >= 0.3 is 0 Å². The SMILES string of the molecule is COc1ccc(C)cc1NC(=O)C(C)SCc1ccc(-n2ccnc2)cc1C. The topological polar surface area (TPSA) is 56.1 Å². The number of carbonyl (C=O) groups is 1. The minimum Gasteiger partial charge on any atom is -0.495 e. The first-order valence-corrected chi connectivity index (χ1v) is 10.2. The number of aryl methyl sites for hydroxylation is 2. The molecule has 2 aromatic carbocycles. The van der Waals surface area contributed by atoms with Gasteiger partial charge in [0.05, 0.1) is 24.4 Å². The number of nitrogens with one attached hydrogen (secondary N) is 1. The number of hydrogen-bond acceptors (Lipinski definition) is 4. The zero-order valence-corrected chi connectivity index (χ0v) is 17.4. The number of amides is 1. The summed E-state index contributed by atoms with van der Waals surface area (Å²) in [5, 5.41) is 2.80. The molecule has 1 atom stereocenters. The van der Waals surface area contributed by atoms with Crippen molar-refractivity contribution in [2.75, 3.05) is 12.4 Å². The molecule has 1 N–H and O–H groups in total. The van der Waals surface area contributed by atoms with Gasteiger partial charge in [0.15, 0.2) is 0 Å². The van der Waals surface area contributed by atoms with E-state index in [0.29, 0.717) is 11.4 Å². The second-order valence-electron chi connectivity index (χ2n) is 6.73. The molecular weight excluding hydrogens is 370 g/mol. The lowest BCUT2D eigenvalue weighted by Gasteiger charge is -2.15. The monoisotopic (exact) mass is 395 g/mol. The number of benzene rings is 2. The second kappa shape index (κ2) is 8.97. The van der Waals surface area contributed by atoms with Gasteiger partial charge in [-0.05, 0) is 61.7 Å². The highest BCUT2D eigenvalue weighted by Gasteiger charge is 2.16. The Morgan fingerprint density at radius 1 is 1.25 bits per heavy atom. The van der Waals surface area contributed by atoms with E-state index in [-0.39, 0.29) is 11.2 Å².